The number of nitro benzene ring substituents is 1. The number of carbonyl (C=O) groups is 1. The number of nitro groups is 1. The highest BCUT2D eigenvalue weighted by Crippen LogP contribution is 2.29. The Bertz CT molecular complexity index is 557. The normalized spacial score (nSPS) is 13.6. The molecule has 1 saturated carbocycles. The molecular formula is C16H22N2O5. The Labute approximate surface area is 135 Å². The second kappa shape index (κ2) is 8.47. The van der Waals surface area contributed by atoms with Gasteiger partial charge in [0.25, 0.3) is 5.91 Å². The van der Waals surface area contributed by atoms with Gasteiger partial charge < -0.3 is 14.8 Å². The minimum absolute atomic E-state index is 0.169. The summed E-state index contributed by atoms with van der Waals surface area (Å²) in [5.74, 6) is 0.565. The van der Waals surface area contributed by atoms with E-state index in [-0.39, 0.29) is 22.9 Å². The molecule has 1 amide bonds. The zero-order valence-electron chi connectivity index (χ0n) is 13.2. The summed E-state index contributed by atoms with van der Waals surface area (Å²) in [7, 11) is 0. The fourth-order valence-electron chi connectivity index (χ4n) is 2.09. The average Bonchev–Trinajstić information content (AvgIpc) is 3.35. The van der Waals surface area contributed by atoms with Crippen molar-refractivity contribution in [1.82, 2.24) is 5.32 Å². The Morgan fingerprint density at radius 3 is 2.87 bits per heavy atom. The minimum Gasteiger partial charge on any atom is -0.487 e. The standard InChI is InChI=1S/C16H22N2O5/c1-2-23-15-7-6-13(10-14(15)18(20)21)16(19)17-8-3-9-22-11-12-4-5-12/h6-7,10,12H,2-5,8-9,11H2,1H3,(H,17,19). The summed E-state index contributed by atoms with van der Waals surface area (Å²) in [4.78, 5) is 22.5. The van der Waals surface area contributed by atoms with Crippen molar-refractivity contribution >= 4 is 11.6 Å². The van der Waals surface area contributed by atoms with Gasteiger partial charge in [-0.3, -0.25) is 14.9 Å². The number of hydrogen-bond donors (Lipinski definition) is 1. The van der Waals surface area contributed by atoms with Crippen molar-refractivity contribution in [1.29, 1.82) is 0 Å². The molecule has 0 aromatic heterocycles. The maximum Gasteiger partial charge on any atom is 0.311 e. The molecule has 7 heteroatoms. The summed E-state index contributed by atoms with van der Waals surface area (Å²) in [5, 5.41) is 13.8. The van der Waals surface area contributed by atoms with E-state index in [4.69, 9.17) is 9.47 Å². The summed E-state index contributed by atoms with van der Waals surface area (Å²) in [5.41, 5.74) is 0.0475. The van der Waals surface area contributed by atoms with E-state index >= 15 is 0 Å². The summed E-state index contributed by atoms with van der Waals surface area (Å²) >= 11 is 0. The lowest BCUT2D eigenvalue weighted by Crippen LogP contribution is -2.25. The third kappa shape index (κ3) is 5.52. The Morgan fingerprint density at radius 1 is 1.43 bits per heavy atom. The number of nitrogens with one attached hydrogen (secondary N) is 1. The lowest BCUT2D eigenvalue weighted by molar-refractivity contribution is -0.385. The molecule has 0 radical (unpaired) electrons. The maximum atomic E-state index is 12.0. The predicted molar refractivity (Wildman–Crippen MR) is 84.8 cm³/mol. The van der Waals surface area contributed by atoms with Gasteiger partial charge in [0.15, 0.2) is 5.75 Å². The first-order valence-corrected chi connectivity index (χ1v) is 7.89. The molecule has 1 aliphatic rings. The molecule has 7 nitrogen and oxygen atoms in total. The Hall–Kier alpha value is -2.15. The van der Waals surface area contributed by atoms with Gasteiger partial charge in [0.05, 0.1) is 11.5 Å². The van der Waals surface area contributed by atoms with Crippen LogP contribution < -0.4 is 10.1 Å². The van der Waals surface area contributed by atoms with Crippen LogP contribution in [0.25, 0.3) is 0 Å². The molecule has 0 spiro atoms. The molecule has 0 saturated heterocycles. The third-order valence-corrected chi connectivity index (χ3v) is 3.52. The average molecular weight is 322 g/mol. The van der Waals surface area contributed by atoms with E-state index in [1.807, 2.05) is 0 Å². The molecule has 0 bridgehead atoms. The van der Waals surface area contributed by atoms with Gasteiger partial charge in [-0.25, -0.2) is 0 Å². The number of rotatable bonds is 10. The van der Waals surface area contributed by atoms with Gasteiger partial charge >= 0.3 is 5.69 Å². The van der Waals surface area contributed by atoms with E-state index in [9.17, 15) is 14.9 Å². The van der Waals surface area contributed by atoms with Gasteiger partial charge in [0.2, 0.25) is 0 Å². The number of benzene rings is 1. The molecule has 0 atom stereocenters. The van der Waals surface area contributed by atoms with Crippen molar-refractivity contribution in [2.45, 2.75) is 26.2 Å². The summed E-state index contributed by atoms with van der Waals surface area (Å²) < 4.78 is 10.7. The number of hydrogen-bond acceptors (Lipinski definition) is 5. The molecule has 126 valence electrons. The van der Waals surface area contributed by atoms with E-state index in [1.165, 1.54) is 31.0 Å². The van der Waals surface area contributed by atoms with E-state index in [0.29, 0.717) is 19.8 Å². The molecule has 0 aliphatic heterocycles. The lowest BCUT2D eigenvalue weighted by atomic mass is 10.1. The van der Waals surface area contributed by atoms with Crippen molar-refractivity contribution in [2.75, 3.05) is 26.4 Å². The van der Waals surface area contributed by atoms with Crippen LogP contribution in [0.5, 0.6) is 5.75 Å². The molecule has 1 aromatic rings. The topological polar surface area (TPSA) is 90.7 Å². The van der Waals surface area contributed by atoms with Crippen LogP contribution in [-0.4, -0.2) is 37.2 Å². The van der Waals surface area contributed by atoms with Crippen LogP contribution >= 0.6 is 0 Å². The van der Waals surface area contributed by atoms with Crippen LogP contribution in [0.3, 0.4) is 0 Å². The van der Waals surface area contributed by atoms with Gasteiger partial charge in [-0.1, -0.05) is 0 Å². The third-order valence-electron chi connectivity index (χ3n) is 3.52. The van der Waals surface area contributed by atoms with Crippen LogP contribution in [0.2, 0.25) is 0 Å². The first-order valence-electron chi connectivity index (χ1n) is 7.89. The SMILES string of the molecule is CCOc1ccc(C(=O)NCCCOCC2CC2)cc1[N+](=O)[O-]. The van der Waals surface area contributed by atoms with Crippen LogP contribution in [0.1, 0.15) is 36.5 Å². The largest absolute Gasteiger partial charge is 0.487 e. The first-order chi connectivity index (χ1) is 11.1. The van der Waals surface area contributed by atoms with E-state index in [2.05, 4.69) is 5.32 Å². The van der Waals surface area contributed by atoms with Gasteiger partial charge in [-0.05, 0) is 44.2 Å². The number of ether oxygens (including phenoxy) is 2. The first kappa shape index (κ1) is 17.2. The molecule has 2 rings (SSSR count). The Morgan fingerprint density at radius 2 is 2.22 bits per heavy atom. The van der Waals surface area contributed by atoms with Crippen LogP contribution in [0, 0.1) is 16.0 Å². The summed E-state index contributed by atoms with van der Waals surface area (Å²) in [6.45, 7) is 3.96. The predicted octanol–water partition coefficient (Wildman–Crippen LogP) is 2.54. The molecule has 23 heavy (non-hydrogen) atoms. The Kier molecular flexibility index (Phi) is 6.34. The van der Waals surface area contributed by atoms with E-state index in [0.717, 1.165) is 18.9 Å². The van der Waals surface area contributed by atoms with E-state index in [1.54, 1.807) is 6.92 Å². The van der Waals surface area contributed by atoms with Crippen LogP contribution in [0.4, 0.5) is 5.69 Å². The van der Waals surface area contributed by atoms with Gasteiger partial charge in [-0.2, -0.15) is 0 Å². The zero-order chi connectivity index (χ0) is 16.7. The molecule has 1 aliphatic carbocycles. The monoisotopic (exact) mass is 322 g/mol. The van der Waals surface area contributed by atoms with Gasteiger partial charge in [0, 0.05) is 31.4 Å². The molecule has 1 aromatic carbocycles. The molecular weight excluding hydrogens is 300 g/mol. The molecule has 0 heterocycles. The maximum absolute atomic E-state index is 12.0. The molecule has 0 unspecified atom stereocenters. The lowest BCUT2D eigenvalue weighted by Gasteiger charge is -2.08. The van der Waals surface area contributed by atoms with Crippen molar-refractivity contribution < 1.29 is 19.2 Å². The van der Waals surface area contributed by atoms with Crippen molar-refractivity contribution in [2.24, 2.45) is 5.92 Å². The second-order valence-corrected chi connectivity index (χ2v) is 5.50. The smallest absolute Gasteiger partial charge is 0.311 e. The quantitative estimate of drug-likeness (QED) is 0.406. The van der Waals surface area contributed by atoms with Gasteiger partial charge in [0.1, 0.15) is 0 Å². The van der Waals surface area contributed by atoms with Crippen molar-refractivity contribution in [3.05, 3.63) is 33.9 Å². The molecule has 1 fully saturated rings. The van der Waals surface area contributed by atoms with Crippen molar-refractivity contribution in [3.63, 3.8) is 0 Å². The highest BCUT2D eigenvalue weighted by atomic mass is 16.6. The van der Waals surface area contributed by atoms with E-state index < -0.39 is 4.92 Å². The number of amides is 1. The van der Waals surface area contributed by atoms with Gasteiger partial charge in [-0.15, -0.1) is 0 Å². The van der Waals surface area contributed by atoms with Crippen molar-refractivity contribution in [3.8, 4) is 5.75 Å². The summed E-state index contributed by atoms with van der Waals surface area (Å²) in [6.07, 6.45) is 3.23. The van der Waals surface area contributed by atoms with Crippen LogP contribution in [0.15, 0.2) is 18.2 Å². The number of carbonyl (C=O) groups excluding carboxylic acids is 1. The summed E-state index contributed by atoms with van der Waals surface area (Å²) in [6, 6.07) is 4.22. The number of nitrogens with zero attached hydrogens (tertiary/aromatic N) is 1. The fraction of sp³-hybridized carbons (Fsp3) is 0.562. The zero-order valence-corrected chi connectivity index (χ0v) is 13.2. The fourth-order valence-corrected chi connectivity index (χ4v) is 2.09. The Balaban J connectivity index is 1.80. The van der Waals surface area contributed by atoms with Crippen LogP contribution in [-0.2, 0) is 4.74 Å². The second-order valence-electron chi connectivity index (χ2n) is 5.50. The minimum atomic E-state index is -0.548. The highest BCUT2D eigenvalue weighted by Gasteiger charge is 2.21. The molecule has 1 N–H and O–H groups in total. The highest BCUT2D eigenvalue weighted by molar-refractivity contribution is 5.95.